The van der Waals surface area contributed by atoms with Crippen LogP contribution in [0.15, 0.2) is 48.5 Å². The van der Waals surface area contributed by atoms with E-state index in [4.69, 9.17) is 5.11 Å². The van der Waals surface area contributed by atoms with Crippen LogP contribution in [-0.4, -0.2) is 62.7 Å². The fourth-order valence-corrected chi connectivity index (χ4v) is 5.29. The number of nitrogens with one attached hydrogen (secondary N) is 2. The quantitative estimate of drug-likeness (QED) is 0.311. The number of H-pyrrole nitrogens is 1. The molecule has 34 heavy (non-hydrogen) atoms. The zero-order valence-electron chi connectivity index (χ0n) is 18.7. The molecule has 178 valence electrons. The van der Waals surface area contributed by atoms with Gasteiger partial charge in [0.1, 0.15) is 6.04 Å². The van der Waals surface area contributed by atoms with Gasteiger partial charge in [-0.25, -0.2) is 5.21 Å². The molecule has 9 heteroatoms. The van der Waals surface area contributed by atoms with Gasteiger partial charge in [-0.2, -0.15) is 5.23 Å². The number of amides is 2. The first-order valence-corrected chi connectivity index (χ1v) is 11.6. The number of fused-ring (bicyclic) bond motifs is 4. The van der Waals surface area contributed by atoms with Gasteiger partial charge in [-0.05, 0) is 36.5 Å². The molecular formula is C25H28N4O5. The van der Waals surface area contributed by atoms with E-state index in [2.05, 4.69) is 4.98 Å². The van der Waals surface area contributed by atoms with Gasteiger partial charge >= 0.3 is 0 Å². The largest absolute Gasteiger partial charge is 0.595 e. The third kappa shape index (κ3) is 3.86. The Morgan fingerprint density at radius 2 is 1.91 bits per heavy atom. The van der Waals surface area contributed by atoms with E-state index in [1.54, 1.807) is 21.9 Å². The lowest BCUT2D eigenvalue weighted by atomic mass is 9.86. The summed E-state index contributed by atoms with van der Waals surface area (Å²) in [6.07, 6.45) is 2.60. The molecule has 2 aliphatic heterocycles. The SMILES string of the molecule is O=C1[C@@H]2Cc3c([nH]c4ccccc34)C(c3cccc([NH+]([O-])O)c3)N2C(=O)CN1CCCCCO. The smallest absolute Gasteiger partial charge is 0.246 e. The van der Waals surface area contributed by atoms with E-state index in [-0.39, 0.29) is 30.7 Å². The number of quaternary nitrogens is 1. The molecule has 4 N–H and O–H groups in total. The van der Waals surface area contributed by atoms with Crippen molar-refractivity contribution in [2.45, 2.75) is 37.8 Å². The number of aliphatic hydroxyl groups is 1. The van der Waals surface area contributed by atoms with Crippen LogP contribution in [0, 0.1) is 5.21 Å². The highest BCUT2D eigenvalue weighted by atomic mass is 16.8. The van der Waals surface area contributed by atoms with Crippen molar-refractivity contribution in [3.05, 3.63) is 70.6 Å². The number of hydrogen-bond donors (Lipinski definition) is 4. The normalized spacial score (nSPS) is 21.0. The van der Waals surface area contributed by atoms with Gasteiger partial charge in [0.2, 0.25) is 11.8 Å². The van der Waals surface area contributed by atoms with Crippen molar-refractivity contribution in [3.63, 3.8) is 0 Å². The van der Waals surface area contributed by atoms with Gasteiger partial charge < -0.3 is 25.1 Å². The molecule has 2 unspecified atom stereocenters. The average Bonchev–Trinajstić information content (AvgIpc) is 3.22. The number of aromatic amines is 1. The number of aromatic nitrogens is 1. The highest BCUT2D eigenvalue weighted by molar-refractivity contribution is 5.97. The summed E-state index contributed by atoms with van der Waals surface area (Å²) in [4.78, 5) is 33.8. The van der Waals surface area contributed by atoms with Gasteiger partial charge in [0.15, 0.2) is 5.69 Å². The topological polar surface area (TPSA) is 124 Å². The number of piperazine rings is 1. The summed E-state index contributed by atoms with van der Waals surface area (Å²) in [6.45, 7) is 0.595. The number of carbonyl (C=O) groups is 2. The lowest BCUT2D eigenvalue weighted by molar-refractivity contribution is -0.991. The van der Waals surface area contributed by atoms with Crippen LogP contribution in [0.4, 0.5) is 5.69 Å². The van der Waals surface area contributed by atoms with Crippen molar-refractivity contribution in [2.24, 2.45) is 0 Å². The minimum Gasteiger partial charge on any atom is -0.595 e. The Kier molecular flexibility index (Phi) is 6.09. The molecule has 9 nitrogen and oxygen atoms in total. The van der Waals surface area contributed by atoms with E-state index in [0.29, 0.717) is 24.9 Å². The summed E-state index contributed by atoms with van der Waals surface area (Å²) >= 11 is 0. The zero-order chi connectivity index (χ0) is 23.8. The first kappa shape index (κ1) is 22.5. The fourth-order valence-electron chi connectivity index (χ4n) is 5.29. The molecule has 3 aromatic rings. The molecule has 0 saturated carbocycles. The Balaban J connectivity index is 1.58. The molecule has 0 spiro atoms. The second-order valence-corrected chi connectivity index (χ2v) is 8.96. The van der Waals surface area contributed by atoms with Gasteiger partial charge in [0.05, 0.1) is 12.6 Å². The van der Waals surface area contributed by atoms with Crippen LogP contribution in [0.25, 0.3) is 10.9 Å². The van der Waals surface area contributed by atoms with Crippen LogP contribution < -0.4 is 5.23 Å². The third-order valence-electron chi connectivity index (χ3n) is 6.88. The standard InChI is InChI=1S/C25H28N4O5/c30-12-5-1-4-11-27-15-22(31)28-21(25(27)32)14-19-18-9-2-3-10-20(18)26-23(19)24(28)16-7-6-8-17(13-16)29(33)34/h2-3,6-10,13,21,24,26,29-30,33H,1,4-5,11-12,14-15H2/t21-,24?/m0/s1. The summed E-state index contributed by atoms with van der Waals surface area (Å²) < 4.78 is 0. The van der Waals surface area contributed by atoms with E-state index in [1.807, 2.05) is 30.3 Å². The predicted molar refractivity (Wildman–Crippen MR) is 124 cm³/mol. The molecule has 3 heterocycles. The minimum atomic E-state index is -1.04. The number of hydrogen-bond acceptors (Lipinski definition) is 5. The van der Waals surface area contributed by atoms with Crippen molar-refractivity contribution < 1.29 is 25.1 Å². The van der Waals surface area contributed by atoms with Crippen LogP contribution in [0.5, 0.6) is 0 Å². The number of unbranched alkanes of at least 4 members (excludes halogenated alkanes) is 2. The Labute approximate surface area is 196 Å². The summed E-state index contributed by atoms with van der Waals surface area (Å²) in [5.41, 5.74) is 3.55. The fraction of sp³-hybridized carbons (Fsp3) is 0.360. The van der Waals surface area contributed by atoms with E-state index in [1.165, 1.54) is 6.07 Å². The Hall–Kier alpha value is -3.24. The van der Waals surface area contributed by atoms with Crippen LogP contribution in [-0.2, 0) is 16.0 Å². The molecule has 2 aromatic carbocycles. The summed E-state index contributed by atoms with van der Waals surface area (Å²) in [7, 11) is 0. The molecule has 1 fully saturated rings. The third-order valence-corrected chi connectivity index (χ3v) is 6.88. The number of para-hydroxylation sites is 1. The van der Waals surface area contributed by atoms with E-state index in [0.717, 1.165) is 35.0 Å². The molecule has 2 aliphatic rings. The summed E-state index contributed by atoms with van der Waals surface area (Å²) in [6, 6.07) is 13.2. The molecule has 1 aromatic heterocycles. The monoisotopic (exact) mass is 464 g/mol. The minimum absolute atomic E-state index is 0.000852. The highest BCUT2D eigenvalue weighted by Crippen LogP contribution is 2.42. The summed E-state index contributed by atoms with van der Waals surface area (Å²) in [5.74, 6) is -0.235. The number of carbonyl (C=O) groups excluding carboxylic acids is 2. The van der Waals surface area contributed by atoms with Gasteiger partial charge in [0.25, 0.3) is 0 Å². The van der Waals surface area contributed by atoms with Crippen molar-refractivity contribution in [2.75, 3.05) is 19.7 Å². The molecule has 0 radical (unpaired) electrons. The molecule has 1 saturated heterocycles. The number of aliphatic hydroxyl groups excluding tert-OH is 1. The van der Waals surface area contributed by atoms with Crippen LogP contribution in [0.3, 0.4) is 0 Å². The first-order chi connectivity index (χ1) is 16.5. The second-order valence-electron chi connectivity index (χ2n) is 8.96. The average molecular weight is 465 g/mol. The van der Waals surface area contributed by atoms with Crippen LogP contribution in [0.1, 0.15) is 42.1 Å². The van der Waals surface area contributed by atoms with Crippen molar-refractivity contribution in [3.8, 4) is 0 Å². The Morgan fingerprint density at radius 3 is 2.71 bits per heavy atom. The van der Waals surface area contributed by atoms with Gasteiger partial charge in [-0.1, -0.05) is 30.3 Å². The molecule has 2 amide bonds. The number of benzene rings is 2. The lowest BCUT2D eigenvalue weighted by Gasteiger charge is -2.47. The van der Waals surface area contributed by atoms with E-state index < -0.39 is 17.3 Å². The van der Waals surface area contributed by atoms with Crippen LogP contribution in [0.2, 0.25) is 0 Å². The molecule has 0 aliphatic carbocycles. The number of nitrogens with zero attached hydrogens (tertiary/aromatic N) is 2. The highest BCUT2D eigenvalue weighted by Gasteiger charge is 2.48. The predicted octanol–water partition coefficient (Wildman–Crippen LogP) is 1.42. The van der Waals surface area contributed by atoms with E-state index >= 15 is 0 Å². The van der Waals surface area contributed by atoms with Crippen molar-refractivity contribution in [1.29, 1.82) is 0 Å². The van der Waals surface area contributed by atoms with Crippen LogP contribution >= 0.6 is 0 Å². The molecule has 5 rings (SSSR count). The zero-order valence-corrected chi connectivity index (χ0v) is 18.7. The molecule has 3 atom stereocenters. The number of rotatable bonds is 7. The maximum absolute atomic E-state index is 13.6. The first-order valence-electron chi connectivity index (χ1n) is 11.6. The molecular weight excluding hydrogens is 436 g/mol. The van der Waals surface area contributed by atoms with Crippen molar-refractivity contribution >= 4 is 28.4 Å². The Bertz CT molecular complexity index is 1220. The van der Waals surface area contributed by atoms with Gasteiger partial charge in [0, 0.05) is 48.3 Å². The molecule has 0 bridgehead atoms. The summed E-state index contributed by atoms with van der Waals surface area (Å²) in [5, 5.41) is 30.2. The second kappa shape index (κ2) is 9.19. The van der Waals surface area contributed by atoms with E-state index in [9.17, 15) is 20.0 Å². The lowest BCUT2D eigenvalue weighted by Crippen LogP contribution is -2.99. The Morgan fingerprint density at radius 1 is 1.09 bits per heavy atom. The van der Waals surface area contributed by atoms with Crippen molar-refractivity contribution in [1.82, 2.24) is 14.8 Å². The maximum atomic E-state index is 13.6. The van der Waals surface area contributed by atoms with Gasteiger partial charge in [-0.3, -0.25) is 9.59 Å². The maximum Gasteiger partial charge on any atom is 0.246 e. The van der Waals surface area contributed by atoms with Gasteiger partial charge in [-0.15, -0.1) is 0 Å².